The molecule has 17 nitrogen and oxygen atoms in total. The van der Waals surface area contributed by atoms with E-state index in [2.05, 4.69) is 143 Å². The fraction of sp³-hybridized carbons (Fsp3) is 0.694. The highest BCUT2D eigenvalue weighted by Gasteiger charge is 2.30. The number of phosphoric ester groups is 2. The number of ether oxygens (including phenoxy) is 4. The maximum atomic E-state index is 13.1. The number of unbranched alkanes of at least 4 members (excludes halogenated alkanes) is 27. The molecular weight excluding hydrogens is 1350 g/mol. The van der Waals surface area contributed by atoms with Crippen molar-refractivity contribution in [2.45, 2.75) is 341 Å². The molecule has 0 amide bonds. The van der Waals surface area contributed by atoms with E-state index >= 15 is 0 Å². The van der Waals surface area contributed by atoms with Crippen molar-refractivity contribution in [3.05, 3.63) is 134 Å². The Bertz CT molecular complexity index is 2490. The molecule has 104 heavy (non-hydrogen) atoms. The highest BCUT2D eigenvalue weighted by Crippen LogP contribution is 2.45. The summed E-state index contributed by atoms with van der Waals surface area (Å²) in [4.78, 5) is 73.0. The first-order valence-corrected chi connectivity index (χ1v) is 43.4. The third kappa shape index (κ3) is 75.4. The molecule has 5 atom stereocenters. The van der Waals surface area contributed by atoms with E-state index < -0.39 is 97.5 Å². The molecule has 0 aromatic carbocycles. The van der Waals surface area contributed by atoms with Gasteiger partial charge in [-0.3, -0.25) is 37.3 Å². The molecule has 0 aliphatic heterocycles. The first-order chi connectivity index (χ1) is 50.7. The van der Waals surface area contributed by atoms with Crippen LogP contribution in [0.3, 0.4) is 0 Å². The van der Waals surface area contributed by atoms with E-state index in [1.807, 2.05) is 18.2 Å². The minimum atomic E-state index is -5.00. The molecule has 0 spiro atoms. The van der Waals surface area contributed by atoms with E-state index in [4.69, 9.17) is 37.0 Å². The number of hydrogen-bond donors (Lipinski definition) is 3. The molecule has 0 radical (unpaired) electrons. The molecule has 0 saturated heterocycles. The van der Waals surface area contributed by atoms with Crippen LogP contribution < -0.4 is 0 Å². The van der Waals surface area contributed by atoms with E-state index in [1.54, 1.807) is 0 Å². The number of aliphatic hydroxyl groups is 1. The minimum absolute atomic E-state index is 0.0339. The Balaban J connectivity index is 5.46. The molecule has 0 bridgehead atoms. The van der Waals surface area contributed by atoms with Gasteiger partial charge in [0.05, 0.1) is 26.4 Å². The van der Waals surface area contributed by atoms with Crippen LogP contribution in [0.4, 0.5) is 0 Å². The first kappa shape index (κ1) is 99.2. The Morgan fingerprint density at radius 1 is 0.279 bits per heavy atom. The fourth-order valence-electron chi connectivity index (χ4n) is 10.4. The summed E-state index contributed by atoms with van der Waals surface area (Å²) in [6.45, 7) is 4.59. The van der Waals surface area contributed by atoms with E-state index in [0.717, 1.165) is 167 Å². The Hall–Kier alpha value is -4.80. The van der Waals surface area contributed by atoms with Crippen molar-refractivity contribution in [1.82, 2.24) is 0 Å². The van der Waals surface area contributed by atoms with Crippen molar-refractivity contribution in [3.63, 3.8) is 0 Å². The Morgan fingerprint density at radius 2 is 0.519 bits per heavy atom. The average Bonchev–Trinajstić information content (AvgIpc) is 0.943. The zero-order chi connectivity index (χ0) is 76.0. The summed E-state index contributed by atoms with van der Waals surface area (Å²) < 4.78 is 68.5. The lowest BCUT2D eigenvalue weighted by Crippen LogP contribution is -2.30. The second-order valence-electron chi connectivity index (χ2n) is 26.6. The topological polar surface area (TPSA) is 237 Å². The van der Waals surface area contributed by atoms with Crippen LogP contribution in [0.5, 0.6) is 0 Å². The van der Waals surface area contributed by atoms with Gasteiger partial charge in [-0.1, -0.05) is 277 Å². The van der Waals surface area contributed by atoms with Gasteiger partial charge < -0.3 is 33.8 Å². The number of allylic oxidation sites excluding steroid dienone is 22. The van der Waals surface area contributed by atoms with Crippen LogP contribution in [0.25, 0.3) is 0 Å². The van der Waals surface area contributed by atoms with Crippen LogP contribution in [-0.2, 0) is 65.4 Å². The molecule has 0 aromatic rings. The van der Waals surface area contributed by atoms with Crippen LogP contribution in [-0.4, -0.2) is 96.7 Å². The summed E-state index contributed by atoms with van der Waals surface area (Å²) in [5.41, 5.74) is 0. The van der Waals surface area contributed by atoms with Crippen molar-refractivity contribution in [2.24, 2.45) is 0 Å². The lowest BCUT2D eigenvalue weighted by atomic mass is 10.1. The third-order valence-electron chi connectivity index (χ3n) is 16.6. The minimum Gasteiger partial charge on any atom is -0.462 e. The average molecular weight is 1500 g/mol. The van der Waals surface area contributed by atoms with Gasteiger partial charge in [-0.05, 0) is 154 Å². The molecule has 0 saturated carbocycles. The van der Waals surface area contributed by atoms with E-state index in [9.17, 15) is 43.2 Å². The van der Waals surface area contributed by atoms with Crippen LogP contribution in [0.1, 0.15) is 323 Å². The Labute approximate surface area is 631 Å². The third-order valence-corrected chi connectivity index (χ3v) is 18.5. The second kappa shape index (κ2) is 76.4. The van der Waals surface area contributed by atoms with Gasteiger partial charge in [0.2, 0.25) is 0 Å². The molecule has 0 heterocycles. The van der Waals surface area contributed by atoms with Gasteiger partial charge in [-0.2, -0.15) is 0 Å². The van der Waals surface area contributed by atoms with Crippen LogP contribution in [0.2, 0.25) is 0 Å². The molecule has 0 aromatic heterocycles. The van der Waals surface area contributed by atoms with Crippen molar-refractivity contribution >= 4 is 39.5 Å². The molecule has 596 valence electrons. The molecule has 0 rings (SSSR count). The number of carbonyl (C=O) groups is 4. The van der Waals surface area contributed by atoms with Crippen LogP contribution in [0, 0.1) is 0 Å². The zero-order valence-corrected chi connectivity index (χ0v) is 66.9. The van der Waals surface area contributed by atoms with E-state index in [0.29, 0.717) is 32.1 Å². The highest BCUT2D eigenvalue weighted by molar-refractivity contribution is 7.47. The summed E-state index contributed by atoms with van der Waals surface area (Å²) in [7, 11) is -10.00. The standard InChI is InChI=1S/C85H144O17P2/c1-5-9-13-17-21-25-29-33-37-38-39-40-44-48-52-56-60-64-68-72-85(90)102-81(76-96-83(88)70-66-62-58-54-50-46-42-35-31-27-23-19-15-11-7-3)78-100-104(93,94)98-74-79(86)73-97-103(91,92)99-77-80(101-84(89)71-67-63-59-55-51-47-43-36-32-28-24-20-16-12-8-4)75-95-82(87)69-65-61-57-53-49-45-41-34-30-26-22-18-14-10-6-2/h9,13,21-22,24-28,31,33-34,36-37,39-41,43,48,52,60,64,79-81,86H,5-8,10-12,14-20,23,29-30,32,35,38,42,44-47,49-51,53-59,61-63,65-78H2,1-4H3,(H,91,92)(H,93,94)/b13-9-,25-21-,26-22-,28-24-,31-27-,37-33-,40-39-,41-34-,43-36-,52-48-,64-60-/t79-,80-,81-/m1/s1. The molecule has 0 fully saturated rings. The number of phosphoric acid groups is 2. The quantitative estimate of drug-likeness (QED) is 0.0169. The van der Waals surface area contributed by atoms with E-state index in [1.165, 1.54) is 70.6 Å². The smallest absolute Gasteiger partial charge is 0.462 e. The summed E-state index contributed by atoms with van der Waals surface area (Å²) >= 11 is 0. The normalized spacial score (nSPS) is 14.6. The van der Waals surface area contributed by atoms with E-state index in [-0.39, 0.29) is 25.7 Å². The van der Waals surface area contributed by atoms with Crippen molar-refractivity contribution in [3.8, 4) is 0 Å². The lowest BCUT2D eigenvalue weighted by Gasteiger charge is -2.21. The number of carbonyl (C=O) groups excluding carboxylic acids is 4. The Morgan fingerprint density at radius 3 is 0.856 bits per heavy atom. The summed E-state index contributed by atoms with van der Waals surface area (Å²) in [5, 5.41) is 10.6. The fourth-order valence-corrected chi connectivity index (χ4v) is 12.0. The van der Waals surface area contributed by atoms with Gasteiger partial charge in [0.15, 0.2) is 12.2 Å². The molecule has 2 unspecified atom stereocenters. The maximum Gasteiger partial charge on any atom is 0.472 e. The number of rotatable bonds is 75. The summed E-state index contributed by atoms with van der Waals surface area (Å²) in [6.07, 6.45) is 85.8. The van der Waals surface area contributed by atoms with Gasteiger partial charge in [-0.15, -0.1) is 0 Å². The predicted octanol–water partition coefficient (Wildman–Crippen LogP) is 23.7. The first-order valence-electron chi connectivity index (χ1n) is 40.4. The van der Waals surface area contributed by atoms with Gasteiger partial charge in [0.25, 0.3) is 0 Å². The number of esters is 4. The van der Waals surface area contributed by atoms with Gasteiger partial charge in [-0.25, -0.2) is 9.13 Å². The summed E-state index contributed by atoms with van der Waals surface area (Å²) in [5.74, 6) is -2.31. The van der Waals surface area contributed by atoms with Gasteiger partial charge >= 0.3 is 39.5 Å². The highest BCUT2D eigenvalue weighted by atomic mass is 31.2. The predicted molar refractivity (Wildman–Crippen MR) is 427 cm³/mol. The van der Waals surface area contributed by atoms with Gasteiger partial charge in [0, 0.05) is 25.7 Å². The van der Waals surface area contributed by atoms with Crippen molar-refractivity contribution < 1.29 is 80.2 Å². The largest absolute Gasteiger partial charge is 0.472 e. The van der Waals surface area contributed by atoms with Crippen molar-refractivity contribution in [2.75, 3.05) is 39.6 Å². The number of hydrogen-bond acceptors (Lipinski definition) is 15. The molecule has 0 aliphatic rings. The zero-order valence-electron chi connectivity index (χ0n) is 65.2. The monoisotopic (exact) mass is 1500 g/mol. The summed E-state index contributed by atoms with van der Waals surface area (Å²) in [6, 6.07) is 0. The van der Waals surface area contributed by atoms with Gasteiger partial charge in [0.1, 0.15) is 19.3 Å². The lowest BCUT2D eigenvalue weighted by molar-refractivity contribution is -0.161. The van der Waals surface area contributed by atoms with Crippen LogP contribution >= 0.6 is 15.6 Å². The molecule has 19 heteroatoms. The van der Waals surface area contributed by atoms with Crippen LogP contribution in [0.15, 0.2) is 134 Å². The molecule has 3 N–H and O–H groups in total. The molecule has 0 aliphatic carbocycles. The Kier molecular flexibility index (Phi) is 72.9. The maximum absolute atomic E-state index is 13.1. The SMILES string of the molecule is CC/C=C\C/C=C\C/C=C\C/C=C\C/C=C\C/C=C\CCC(=O)O[C@H](COC(=O)CCCCCCCCC/C=C\CCCCCC)COP(=O)(O)OC[C@H](O)COP(=O)(O)OC[C@@H](COC(=O)CCCCCCC/C=C\C/C=C\CCCCC)OC(=O)CCCCCCC/C=C\C/C=C\CCCCC. The van der Waals surface area contributed by atoms with Crippen molar-refractivity contribution in [1.29, 1.82) is 0 Å². The molecular formula is C85H144O17P2. The second-order valence-corrected chi connectivity index (χ2v) is 29.5. The number of aliphatic hydroxyl groups excluding tert-OH is 1.